The van der Waals surface area contributed by atoms with Crippen molar-refractivity contribution < 1.29 is 17.9 Å². The van der Waals surface area contributed by atoms with E-state index in [-0.39, 0.29) is 5.56 Å². The van der Waals surface area contributed by atoms with Gasteiger partial charge in [0.15, 0.2) is 11.6 Å². The van der Waals surface area contributed by atoms with Crippen LogP contribution in [-0.4, -0.2) is 7.11 Å². The number of ether oxygens (including phenoxy) is 1. The van der Waals surface area contributed by atoms with Gasteiger partial charge in [-0.3, -0.25) is 0 Å². The standard InChI is InChI=1S/C8H6ClF3O/c1-13-7-4(8(9)12)2-3-5(10)6(7)11/h2-3,8H,1H3. The number of rotatable bonds is 2. The Morgan fingerprint density at radius 3 is 2.46 bits per heavy atom. The molecule has 1 atom stereocenters. The lowest BCUT2D eigenvalue weighted by Crippen LogP contribution is -1.97. The summed E-state index contributed by atoms with van der Waals surface area (Å²) in [6.45, 7) is 0. The Kier molecular flexibility index (Phi) is 3.03. The molecule has 0 N–H and O–H groups in total. The fourth-order valence-electron chi connectivity index (χ4n) is 0.926. The van der Waals surface area contributed by atoms with Gasteiger partial charge in [-0.2, -0.15) is 4.39 Å². The van der Waals surface area contributed by atoms with Gasteiger partial charge in [-0.15, -0.1) is 0 Å². The van der Waals surface area contributed by atoms with E-state index in [1.165, 1.54) is 0 Å². The van der Waals surface area contributed by atoms with Crippen LogP contribution in [0.5, 0.6) is 5.75 Å². The van der Waals surface area contributed by atoms with E-state index in [4.69, 9.17) is 11.6 Å². The first kappa shape index (κ1) is 10.2. The summed E-state index contributed by atoms with van der Waals surface area (Å²) in [4.78, 5) is 0. The zero-order valence-corrected chi connectivity index (χ0v) is 7.41. The molecule has 0 saturated heterocycles. The predicted octanol–water partition coefficient (Wildman–Crippen LogP) is 3.18. The van der Waals surface area contributed by atoms with Crippen LogP contribution in [0, 0.1) is 11.6 Å². The fourth-order valence-corrected chi connectivity index (χ4v) is 1.10. The Labute approximate surface area is 78.1 Å². The summed E-state index contributed by atoms with van der Waals surface area (Å²) in [5.74, 6) is -2.83. The summed E-state index contributed by atoms with van der Waals surface area (Å²) >= 11 is 5.08. The summed E-state index contributed by atoms with van der Waals surface area (Å²) in [6.07, 6.45) is 0. The second-order valence-corrected chi connectivity index (χ2v) is 2.67. The first-order chi connectivity index (χ1) is 6.07. The molecule has 0 aliphatic rings. The smallest absolute Gasteiger partial charge is 0.202 e. The van der Waals surface area contributed by atoms with Crippen LogP contribution in [0.3, 0.4) is 0 Å². The first-order valence-corrected chi connectivity index (χ1v) is 3.81. The molecule has 0 aliphatic heterocycles. The zero-order valence-electron chi connectivity index (χ0n) is 6.65. The highest BCUT2D eigenvalue weighted by molar-refractivity contribution is 6.20. The van der Waals surface area contributed by atoms with Gasteiger partial charge in [-0.05, 0) is 12.1 Å². The van der Waals surface area contributed by atoms with Crippen LogP contribution in [0.2, 0.25) is 0 Å². The lowest BCUT2D eigenvalue weighted by Gasteiger charge is -2.09. The van der Waals surface area contributed by atoms with E-state index in [9.17, 15) is 13.2 Å². The van der Waals surface area contributed by atoms with Gasteiger partial charge in [-0.25, -0.2) is 8.78 Å². The molecule has 0 heterocycles. The van der Waals surface area contributed by atoms with Gasteiger partial charge in [0.1, 0.15) is 0 Å². The van der Waals surface area contributed by atoms with Crippen molar-refractivity contribution in [2.24, 2.45) is 0 Å². The van der Waals surface area contributed by atoms with Crippen LogP contribution in [0.4, 0.5) is 13.2 Å². The molecule has 0 amide bonds. The van der Waals surface area contributed by atoms with E-state index < -0.39 is 23.0 Å². The van der Waals surface area contributed by atoms with E-state index >= 15 is 0 Å². The average Bonchev–Trinajstić information content (AvgIpc) is 2.09. The lowest BCUT2D eigenvalue weighted by atomic mass is 10.2. The molecule has 5 heteroatoms. The van der Waals surface area contributed by atoms with Gasteiger partial charge >= 0.3 is 0 Å². The Morgan fingerprint density at radius 1 is 1.38 bits per heavy atom. The maximum Gasteiger partial charge on any atom is 0.202 e. The van der Waals surface area contributed by atoms with Crippen molar-refractivity contribution in [1.82, 2.24) is 0 Å². The van der Waals surface area contributed by atoms with E-state index in [0.717, 1.165) is 19.2 Å². The van der Waals surface area contributed by atoms with Crippen LogP contribution in [0.1, 0.15) is 11.2 Å². The highest BCUT2D eigenvalue weighted by atomic mass is 35.5. The monoisotopic (exact) mass is 210 g/mol. The van der Waals surface area contributed by atoms with E-state index in [1.807, 2.05) is 0 Å². The minimum atomic E-state index is -1.91. The van der Waals surface area contributed by atoms with Crippen LogP contribution < -0.4 is 4.74 Å². The summed E-state index contributed by atoms with van der Waals surface area (Å²) in [5, 5.41) is 0. The molecule has 1 nitrogen and oxygen atoms in total. The van der Waals surface area contributed by atoms with Crippen molar-refractivity contribution in [3.63, 3.8) is 0 Å². The van der Waals surface area contributed by atoms with Crippen molar-refractivity contribution in [3.05, 3.63) is 29.3 Å². The number of hydrogen-bond donors (Lipinski definition) is 0. The molecule has 72 valence electrons. The summed E-state index contributed by atoms with van der Waals surface area (Å²) < 4.78 is 42.6. The second kappa shape index (κ2) is 3.87. The molecule has 1 unspecified atom stereocenters. The molecule has 0 aromatic heterocycles. The first-order valence-electron chi connectivity index (χ1n) is 3.38. The molecular formula is C8H6ClF3O. The van der Waals surface area contributed by atoms with Crippen LogP contribution >= 0.6 is 11.6 Å². The molecule has 1 aromatic carbocycles. The Morgan fingerprint density at radius 2 is 2.00 bits per heavy atom. The van der Waals surface area contributed by atoms with Gasteiger partial charge in [0.05, 0.1) is 7.11 Å². The van der Waals surface area contributed by atoms with Gasteiger partial charge in [0.2, 0.25) is 11.4 Å². The highest BCUT2D eigenvalue weighted by Crippen LogP contribution is 2.33. The maximum atomic E-state index is 12.9. The van der Waals surface area contributed by atoms with Gasteiger partial charge in [0.25, 0.3) is 0 Å². The predicted molar refractivity (Wildman–Crippen MR) is 42.6 cm³/mol. The molecule has 1 rings (SSSR count). The van der Waals surface area contributed by atoms with Crippen molar-refractivity contribution in [1.29, 1.82) is 0 Å². The number of halogens is 4. The minimum Gasteiger partial charge on any atom is -0.493 e. The molecule has 1 aromatic rings. The lowest BCUT2D eigenvalue weighted by molar-refractivity contribution is 0.353. The van der Waals surface area contributed by atoms with Crippen molar-refractivity contribution in [3.8, 4) is 5.75 Å². The zero-order chi connectivity index (χ0) is 10.0. The van der Waals surface area contributed by atoms with Crippen LogP contribution in [0.25, 0.3) is 0 Å². The Balaban J connectivity index is 3.30. The van der Waals surface area contributed by atoms with E-state index in [0.29, 0.717) is 0 Å². The molecule has 0 bridgehead atoms. The number of benzene rings is 1. The average molecular weight is 211 g/mol. The molecule has 0 spiro atoms. The Hall–Kier alpha value is -0.900. The normalized spacial score (nSPS) is 12.7. The summed E-state index contributed by atoms with van der Waals surface area (Å²) in [5.41, 5.74) is -2.13. The molecule has 0 radical (unpaired) electrons. The topological polar surface area (TPSA) is 9.23 Å². The highest BCUT2D eigenvalue weighted by Gasteiger charge is 2.18. The fraction of sp³-hybridized carbons (Fsp3) is 0.250. The number of methoxy groups -OCH3 is 1. The van der Waals surface area contributed by atoms with Gasteiger partial charge in [0, 0.05) is 5.56 Å². The molecule has 0 fully saturated rings. The van der Waals surface area contributed by atoms with Crippen molar-refractivity contribution in [2.45, 2.75) is 5.63 Å². The van der Waals surface area contributed by atoms with Gasteiger partial charge < -0.3 is 4.74 Å². The molecule has 0 aliphatic carbocycles. The van der Waals surface area contributed by atoms with E-state index in [1.54, 1.807) is 0 Å². The third-order valence-electron chi connectivity index (χ3n) is 1.52. The van der Waals surface area contributed by atoms with Crippen molar-refractivity contribution in [2.75, 3.05) is 7.11 Å². The van der Waals surface area contributed by atoms with E-state index in [2.05, 4.69) is 4.74 Å². The van der Waals surface area contributed by atoms with Crippen molar-refractivity contribution >= 4 is 11.6 Å². The SMILES string of the molecule is COc1c(C(F)Cl)ccc(F)c1F. The number of alkyl halides is 2. The Bertz CT molecular complexity index is 315. The van der Waals surface area contributed by atoms with Crippen LogP contribution in [-0.2, 0) is 0 Å². The maximum absolute atomic E-state index is 12.9. The minimum absolute atomic E-state index is 0.219. The third kappa shape index (κ3) is 1.88. The largest absolute Gasteiger partial charge is 0.493 e. The van der Waals surface area contributed by atoms with Crippen LogP contribution in [0.15, 0.2) is 12.1 Å². The molecule has 0 saturated carbocycles. The molecular weight excluding hydrogens is 205 g/mol. The molecule has 13 heavy (non-hydrogen) atoms. The van der Waals surface area contributed by atoms with Gasteiger partial charge in [-0.1, -0.05) is 11.6 Å². The summed E-state index contributed by atoms with van der Waals surface area (Å²) in [7, 11) is 1.11. The number of hydrogen-bond acceptors (Lipinski definition) is 1. The third-order valence-corrected chi connectivity index (χ3v) is 1.75. The summed E-state index contributed by atoms with van der Waals surface area (Å²) in [6, 6.07) is 1.83. The quantitative estimate of drug-likeness (QED) is 0.682. The second-order valence-electron chi connectivity index (χ2n) is 2.28.